The largest absolute Gasteiger partial charge is 0.279 e. The van der Waals surface area contributed by atoms with E-state index in [4.69, 9.17) is 0 Å². The Morgan fingerprint density at radius 2 is 0.868 bits per heavy atom. The summed E-state index contributed by atoms with van der Waals surface area (Å²) in [7, 11) is -7.58. The van der Waals surface area contributed by atoms with Gasteiger partial charge in [-0.3, -0.25) is 9.44 Å². The van der Waals surface area contributed by atoms with E-state index >= 15 is 0 Å². The van der Waals surface area contributed by atoms with Crippen molar-refractivity contribution < 1.29 is 16.8 Å². The van der Waals surface area contributed by atoms with Crippen LogP contribution in [0.5, 0.6) is 0 Å². The number of anilines is 2. The molecule has 0 amide bonds. The van der Waals surface area contributed by atoms with Crippen molar-refractivity contribution in [1.82, 2.24) is 0 Å². The Kier molecular flexibility index (Phi) is 8.04. The molecule has 0 aliphatic heterocycles. The molecular formula is C28H26N4O4S2. The SMILES string of the molecule is Cc1ccc(S(=O)(=O)Nc2ccccc2/C=N/N=C/c2ccccc2NS(=O)(=O)c2ccc(C)cc2)cc1. The fourth-order valence-electron chi connectivity index (χ4n) is 3.44. The number of hydrogen-bond donors (Lipinski definition) is 2. The monoisotopic (exact) mass is 546 g/mol. The Balaban J connectivity index is 1.51. The van der Waals surface area contributed by atoms with Crippen molar-refractivity contribution in [1.29, 1.82) is 0 Å². The van der Waals surface area contributed by atoms with Crippen molar-refractivity contribution in [2.45, 2.75) is 23.6 Å². The highest BCUT2D eigenvalue weighted by molar-refractivity contribution is 7.93. The predicted octanol–water partition coefficient (Wildman–Crippen LogP) is 5.36. The number of benzene rings is 4. The molecule has 0 fully saturated rings. The Bertz CT molecular complexity index is 1570. The topological polar surface area (TPSA) is 117 Å². The first-order valence-electron chi connectivity index (χ1n) is 11.6. The zero-order chi connectivity index (χ0) is 27.2. The number of hydrogen-bond acceptors (Lipinski definition) is 6. The second kappa shape index (κ2) is 11.4. The van der Waals surface area contributed by atoms with E-state index in [1.165, 1.54) is 12.4 Å². The number of nitrogens with one attached hydrogen (secondary N) is 2. The van der Waals surface area contributed by atoms with Gasteiger partial charge in [-0.05, 0) is 50.2 Å². The second-order valence-corrected chi connectivity index (χ2v) is 11.9. The van der Waals surface area contributed by atoms with Gasteiger partial charge in [-0.1, -0.05) is 71.8 Å². The zero-order valence-electron chi connectivity index (χ0n) is 20.7. The van der Waals surface area contributed by atoms with E-state index in [-0.39, 0.29) is 9.79 Å². The van der Waals surface area contributed by atoms with Crippen LogP contribution in [0.3, 0.4) is 0 Å². The molecule has 194 valence electrons. The van der Waals surface area contributed by atoms with E-state index in [0.717, 1.165) is 11.1 Å². The molecule has 4 rings (SSSR count). The highest BCUT2D eigenvalue weighted by atomic mass is 32.2. The minimum atomic E-state index is -3.79. The molecule has 0 atom stereocenters. The summed E-state index contributed by atoms with van der Waals surface area (Å²) in [6.07, 6.45) is 2.84. The molecule has 4 aromatic rings. The van der Waals surface area contributed by atoms with Crippen molar-refractivity contribution >= 4 is 43.9 Å². The van der Waals surface area contributed by atoms with Gasteiger partial charge in [0.2, 0.25) is 0 Å². The molecule has 0 saturated carbocycles. The maximum Gasteiger partial charge on any atom is 0.261 e. The molecule has 0 bridgehead atoms. The lowest BCUT2D eigenvalue weighted by molar-refractivity contribution is 0.599. The van der Waals surface area contributed by atoms with Crippen LogP contribution in [0.2, 0.25) is 0 Å². The Morgan fingerprint density at radius 3 is 1.24 bits per heavy atom. The normalized spacial score (nSPS) is 12.2. The minimum Gasteiger partial charge on any atom is -0.279 e. The van der Waals surface area contributed by atoms with Crippen LogP contribution < -0.4 is 9.44 Å². The first-order chi connectivity index (χ1) is 18.1. The maximum absolute atomic E-state index is 12.8. The highest BCUT2D eigenvalue weighted by Gasteiger charge is 2.16. The zero-order valence-corrected chi connectivity index (χ0v) is 22.4. The van der Waals surface area contributed by atoms with Crippen LogP contribution in [0, 0.1) is 13.8 Å². The number of rotatable bonds is 9. The lowest BCUT2D eigenvalue weighted by Crippen LogP contribution is -2.14. The Hall–Kier alpha value is -4.28. The number of sulfonamides is 2. The van der Waals surface area contributed by atoms with Gasteiger partial charge in [0.05, 0.1) is 33.6 Å². The van der Waals surface area contributed by atoms with E-state index in [0.29, 0.717) is 22.5 Å². The average Bonchev–Trinajstić information content (AvgIpc) is 2.88. The third-order valence-electron chi connectivity index (χ3n) is 5.53. The molecule has 0 aliphatic carbocycles. The highest BCUT2D eigenvalue weighted by Crippen LogP contribution is 2.21. The van der Waals surface area contributed by atoms with E-state index in [9.17, 15) is 16.8 Å². The molecule has 0 unspecified atom stereocenters. The number of nitrogens with zero attached hydrogens (tertiary/aromatic N) is 2. The summed E-state index contributed by atoms with van der Waals surface area (Å²) < 4.78 is 56.4. The Morgan fingerprint density at radius 1 is 0.526 bits per heavy atom. The molecule has 0 spiro atoms. The van der Waals surface area contributed by atoms with Gasteiger partial charge in [0.15, 0.2) is 0 Å². The molecule has 2 N–H and O–H groups in total. The third kappa shape index (κ3) is 6.72. The lowest BCUT2D eigenvalue weighted by atomic mass is 10.2. The molecule has 0 heterocycles. The number of aryl methyl sites for hydroxylation is 2. The summed E-state index contributed by atoms with van der Waals surface area (Å²) in [6.45, 7) is 3.76. The molecule has 4 aromatic carbocycles. The maximum atomic E-state index is 12.8. The minimum absolute atomic E-state index is 0.151. The Labute approximate surface area is 222 Å². The van der Waals surface area contributed by atoms with Crippen LogP contribution in [0.1, 0.15) is 22.3 Å². The van der Waals surface area contributed by atoms with Crippen molar-refractivity contribution in [3.63, 3.8) is 0 Å². The quantitative estimate of drug-likeness (QED) is 0.217. The third-order valence-corrected chi connectivity index (χ3v) is 8.30. The van der Waals surface area contributed by atoms with Gasteiger partial charge in [0.1, 0.15) is 0 Å². The van der Waals surface area contributed by atoms with Gasteiger partial charge in [-0.25, -0.2) is 16.8 Å². The van der Waals surface area contributed by atoms with Gasteiger partial charge in [0, 0.05) is 11.1 Å². The van der Waals surface area contributed by atoms with E-state index < -0.39 is 20.0 Å². The van der Waals surface area contributed by atoms with Crippen molar-refractivity contribution in [3.8, 4) is 0 Å². The first kappa shape index (κ1) is 26.8. The fourth-order valence-corrected chi connectivity index (χ4v) is 5.61. The van der Waals surface area contributed by atoms with Crippen LogP contribution in [0.15, 0.2) is 117 Å². The van der Waals surface area contributed by atoms with Gasteiger partial charge < -0.3 is 0 Å². The van der Waals surface area contributed by atoms with Gasteiger partial charge in [0.25, 0.3) is 20.0 Å². The van der Waals surface area contributed by atoms with Crippen LogP contribution in [-0.2, 0) is 20.0 Å². The average molecular weight is 547 g/mol. The van der Waals surface area contributed by atoms with Crippen molar-refractivity contribution in [2.75, 3.05) is 9.44 Å². The fraction of sp³-hybridized carbons (Fsp3) is 0.0714. The smallest absolute Gasteiger partial charge is 0.261 e. The summed E-state index contributed by atoms with van der Waals surface area (Å²) in [6, 6.07) is 26.7. The van der Waals surface area contributed by atoms with E-state index in [1.54, 1.807) is 97.1 Å². The summed E-state index contributed by atoms with van der Waals surface area (Å²) >= 11 is 0. The number of para-hydroxylation sites is 2. The van der Waals surface area contributed by atoms with Crippen LogP contribution in [0.4, 0.5) is 11.4 Å². The van der Waals surface area contributed by atoms with Crippen molar-refractivity contribution in [2.24, 2.45) is 10.2 Å². The van der Waals surface area contributed by atoms with Gasteiger partial charge in [-0.2, -0.15) is 10.2 Å². The van der Waals surface area contributed by atoms with E-state index in [1.807, 2.05) is 13.8 Å². The predicted molar refractivity (Wildman–Crippen MR) is 152 cm³/mol. The summed E-state index contributed by atoms with van der Waals surface area (Å²) in [5.74, 6) is 0. The molecule has 0 aromatic heterocycles. The first-order valence-corrected chi connectivity index (χ1v) is 14.5. The summed E-state index contributed by atoms with van der Waals surface area (Å²) in [5, 5.41) is 8.10. The molecule has 0 radical (unpaired) electrons. The van der Waals surface area contributed by atoms with Crippen LogP contribution in [-0.4, -0.2) is 29.3 Å². The molecular weight excluding hydrogens is 520 g/mol. The summed E-state index contributed by atoms with van der Waals surface area (Å²) in [5.41, 5.74) is 3.62. The van der Waals surface area contributed by atoms with Crippen LogP contribution >= 0.6 is 0 Å². The second-order valence-electron chi connectivity index (χ2n) is 8.50. The van der Waals surface area contributed by atoms with Gasteiger partial charge in [-0.15, -0.1) is 0 Å². The molecule has 10 heteroatoms. The molecule has 0 aliphatic rings. The molecule has 38 heavy (non-hydrogen) atoms. The van der Waals surface area contributed by atoms with Gasteiger partial charge >= 0.3 is 0 Å². The van der Waals surface area contributed by atoms with Crippen molar-refractivity contribution in [3.05, 3.63) is 119 Å². The molecule has 0 saturated heterocycles. The van der Waals surface area contributed by atoms with E-state index in [2.05, 4.69) is 19.6 Å². The van der Waals surface area contributed by atoms with Crippen LogP contribution in [0.25, 0.3) is 0 Å². The standard InChI is InChI=1S/C28H26N4O4S2/c1-21-11-15-25(16-12-21)37(33,34)31-27-9-5-3-7-23(27)19-29-30-20-24-8-4-6-10-28(24)32-38(35,36)26-17-13-22(2)14-18-26/h3-20,31-32H,1-2H3/b29-19+,30-20+. The lowest BCUT2D eigenvalue weighted by Gasteiger charge is -2.11. The molecule has 8 nitrogen and oxygen atoms in total. The summed E-state index contributed by atoms with van der Waals surface area (Å²) in [4.78, 5) is 0.301.